The molecule has 1 N–H and O–H groups in total. The minimum Gasteiger partial charge on any atom is -0.393 e. The van der Waals surface area contributed by atoms with Crippen LogP contribution in [0.3, 0.4) is 0 Å². The van der Waals surface area contributed by atoms with Crippen molar-refractivity contribution in [3.8, 4) is 0 Å². The Hall–Kier alpha value is -0.0400. The van der Waals surface area contributed by atoms with E-state index >= 15 is 0 Å². The van der Waals surface area contributed by atoms with Crippen molar-refractivity contribution in [2.75, 3.05) is 0 Å². The van der Waals surface area contributed by atoms with Crippen LogP contribution in [0.4, 0.5) is 0 Å². The van der Waals surface area contributed by atoms with E-state index in [0.29, 0.717) is 10.8 Å². The molecule has 162 valence electrons. The highest BCUT2D eigenvalue weighted by molar-refractivity contribution is 5.09. The zero-order valence-electron chi connectivity index (χ0n) is 19.6. The van der Waals surface area contributed by atoms with Crippen molar-refractivity contribution in [1.29, 1.82) is 0 Å². The van der Waals surface area contributed by atoms with Crippen LogP contribution >= 0.6 is 0 Å². The van der Waals surface area contributed by atoms with Gasteiger partial charge in [-0.25, -0.2) is 0 Å². The average molecular weight is 389 g/mol. The van der Waals surface area contributed by atoms with Crippen LogP contribution in [0.1, 0.15) is 112 Å². The Kier molecular flexibility index (Phi) is 5.98. The van der Waals surface area contributed by atoms with E-state index in [4.69, 9.17) is 0 Å². The Morgan fingerprint density at radius 3 is 2.29 bits per heavy atom. The number of hydrogen-bond acceptors (Lipinski definition) is 1. The standard InChI is InChI=1S/C27H48O/c1-18(2)7-6-8-19(3)23-11-12-24-22-10-9-20-17-21(28)13-15-26(20,4)25(22)14-16-27(23,24)5/h18-25,28H,6-17H2,1-5H3/t19-,20?,21?,22?,23-,24+,25+,26?,27?/m1/s1. The van der Waals surface area contributed by atoms with Crippen LogP contribution in [0.25, 0.3) is 0 Å². The molecule has 0 aromatic heterocycles. The van der Waals surface area contributed by atoms with Gasteiger partial charge in [0.1, 0.15) is 0 Å². The summed E-state index contributed by atoms with van der Waals surface area (Å²) in [7, 11) is 0. The maximum Gasteiger partial charge on any atom is 0.0543 e. The van der Waals surface area contributed by atoms with Crippen molar-refractivity contribution in [2.24, 2.45) is 52.3 Å². The summed E-state index contributed by atoms with van der Waals surface area (Å²) in [4.78, 5) is 0. The Morgan fingerprint density at radius 2 is 1.54 bits per heavy atom. The van der Waals surface area contributed by atoms with E-state index in [1.165, 1.54) is 64.2 Å². The summed E-state index contributed by atoms with van der Waals surface area (Å²) in [5.74, 6) is 6.49. The van der Waals surface area contributed by atoms with E-state index in [1.807, 2.05) is 0 Å². The predicted octanol–water partition coefficient (Wildman–Crippen LogP) is 7.47. The fraction of sp³-hybridized carbons (Fsp3) is 1.00. The molecular formula is C27H48O. The molecule has 1 nitrogen and oxygen atoms in total. The second kappa shape index (κ2) is 7.90. The Morgan fingerprint density at radius 1 is 0.821 bits per heavy atom. The summed E-state index contributed by atoms with van der Waals surface area (Å²) < 4.78 is 0. The average Bonchev–Trinajstić information content (AvgIpc) is 2.99. The molecule has 4 aliphatic carbocycles. The lowest BCUT2D eigenvalue weighted by Crippen LogP contribution is -2.54. The summed E-state index contributed by atoms with van der Waals surface area (Å²) in [6, 6.07) is 0. The van der Waals surface area contributed by atoms with Crippen LogP contribution in [0.2, 0.25) is 0 Å². The molecule has 0 bridgehead atoms. The molecule has 4 fully saturated rings. The Bertz CT molecular complexity index is 540. The second-order valence-electron chi connectivity index (χ2n) is 12.6. The molecule has 0 aromatic rings. The third-order valence-corrected chi connectivity index (χ3v) is 10.8. The van der Waals surface area contributed by atoms with Crippen molar-refractivity contribution in [3.63, 3.8) is 0 Å². The normalized spacial score (nSPS) is 49.4. The molecule has 28 heavy (non-hydrogen) atoms. The molecule has 0 spiro atoms. The molecule has 5 unspecified atom stereocenters. The van der Waals surface area contributed by atoms with Gasteiger partial charge < -0.3 is 5.11 Å². The van der Waals surface area contributed by atoms with Gasteiger partial charge in [0, 0.05) is 0 Å². The van der Waals surface area contributed by atoms with E-state index in [2.05, 4.69) is 34.6 Å². The first-order chi connectivity index (χ1) is 13.3. The summed E-state index contributed by atoms with van der Waals surface area (Å²) in [5, 5.41) is 10.3. The predicted molar refractivity (Wildman–Crippen MR) is 119 cm³/mol. The van der Waals surface area contributed by atoms with Gasteiger partial charge in [-0.05, 0) is 110 Å². The summed E-state index contributed by atoms with van der Waals surface area (Å²) in [5.41, 5.74) is 1.15. The van der Waals surface area contributed by atoms with Crippen molar-refractivity contribution < 1.29 is 5.11 Å². The van der Waals surface area contributed by atoms with Crippen LogP contribution < -0.4 is 0 Å². The van der Waals surface area contributed by atoms with Crippen LogP contribution in [0, 0.1) is 52.3 Å². The van der Waals surface area contributed by atoms with Gasteiger partial charge in [0.2, 0.25) is 0 Å². The Labute approximate surface area is 175 Å². The molecule has 0 saturated heterocycles. The van der Waals surface area contributed by atoms with Gasteiger partial charge in [-0.1, -0.05) is 53.9 Å². The van der Waals surface area contributed by atoms with E-state index in [0.717, 1.165) is 54.3 Å². The molecule has 0 amide bonds. The number of rotatable bonds is 5. The van der Waals surface area contributed by atoms with Crippen LogP contribution in [-0.2, 0) is 0 Å². The summed E-state index contributed by atoms with van der Waals surface area (Å²) in [6.45, 7) is 12.7. The topological polar surface area (TPSA) is 20.2 Å². The zero-order valence-corrected chi connectivity index (χ0v) is 19.6. The van der Waals surface area contributed by atoms with Crippen LogP contribution in [0.15, 0.2) is 0 Å². The lowest BCUT2D eigenvalue weighted by atomic mass is 9.44. The minimum absolute atomic E-state index is 0.00830. The van der Waals surface area contributed by atoms with Gasteiger partial charge in [-0.15, -0.1) is 0 Å². The number of fused-ring (bicyclic) bond motifs is 5. The van der Waals surface area contributed by atoms with Crippen LogP contribution in [-0.4, -0.2) is 11.2 Å². The SMILES string of the molecule is CC(C)CCC[C@@H](C)[C@H]1CC[C@H]2C3CCC4CC(O)CCC4(C)[C@H]3CCC12C. The first-order valence-corrected chi connectivity index (χ1v) is 12.9. The highest BCUT2D eigenvalue weighted by Gasteiger charge is 2.60. The first-order valence-electron chi connectivity index (χ1n) is 12.9. The Balaban J connectivity index is 1.46. The number of hydrogen-bond donors (Lipinski definition) is 1. The number of aliphatic hydroxyl groups is 1. The lowest BCUT2D eigenvalue weighted by molar-refractivity contribution is -0.129. The van der Waals surface area contributed by atoms with Gasteiger partial charge in [-0.2, -0.15) is 0 Å². The van der Waals surface area contributed by atoms with Gasteiger partial charge in [0.25, 0.3) is 0 Å². The van der Waals surface area contributed by atoms with Crippen molar-refractivity contribution in [3.05, 3.63) is 0 Å². The van der Waals surface area contributed by atoms with Gasteiger partial charge >= 0.3 is 0 Å². The quantitative estimate of drug-likeness (QED) is 0.518. The maximum absolute atomic E-state index is 10.3. The van der Waals surface area contributed by atoms with Crippen LogP contribution in [0.5, 0.6) is 0 Å². The van der Waals surface area contributed by atoms with E-state index in [1.54, 1.807) is 0 Å². The molecule has 1 heteroatoms. The van der Waals surface area contributed by atoms with Crippen molar-refractivity contribution >= 4 is 0 Å². The molecule has 0 aromatic carbocycles. The highest BCUT2D eigenvalue weighted by atomic mass is 16.3. The molecule has 9 atom stereocenters. The van der Waals surface area contributed by atoms with Crippen molar-refractivity contribution in [2.45, 2.75) is 118 Å². The zero-order chi connectivity index (χ0) is 20.1. The fourth-order valence-corrected chi connectivity index (χ4v) is 9.26. The smallest absolute Gasteiger partial charge is 0.0543 e. The molecular weight excluding hydrogens is 340 g/mol. The molecule has 0 radical (unpaired) electrons. The van der Waals surface area contributed by atoms with Gasteiger partial charge in [-0.3, -0.25) is 0 Å². The lowest BCUT2D eigenvalue weighted by Gasteiger charge is -2.61. The van der Waals surface area contributed by atoms with E-state index in [-0.39, 0.29) is 6.10 Å². The minimum atomic E-state index is -0.00830. The van der Waals surface area contributed by atoms with Gasteiger partial charge in [0.15, 0.2) is 0 Å². The maximum atomic E-state index is 10.3. The molecule has 4 saturated carbocycles. The van der Waals surface area contributed by atoms with Crippen molar-refractivity contribution in [1.82, 2.24) is 0 Å². The third-order valence-electron chi connectivity index (χ3n) is 10.8. The molecule has 4 aliphatic rings. The number of aliphatic hydroxyl groups excluding tert-OH is 1. The molecule has 4 rings (SSSR count). The molecule has 0 heterocycles. The van der Waals surface area contributed by atoms with E-state index in [9.17, 15) is 5.11 Å². The summed E-state index contributed by atoms with van der Waals surface area (Å²) >= 11 is 0. The van der Waals surface area contributed by atoms with Gasteiger partial charge in [0.05, 0.1) is 6.10 Å². The fourth-order valence-electron chi connectivity index (χ4n) is 9.26. The molecule has 0 aliphatic heterocycles. The second-order valence-corrected chi connectivity index (χ2v) is 12.6. The summed E-state index contributed by atoms with van der Waals surface area (Å²) in [6.07, 6.45) is 16.6. The third kappa shape index (κ3) is 3.50. The monoisotopic (exact) mass is 388 g/mol. The van der Waals surface area contributed by atoms with E-state index < -0.39 is 0 Å². The largest absolute Gasteiger partial charge is 0.393 e. The first kappa shape index (κ1) is 21.2. The highest BCUT2D eigenvalue weighted by Crippen LogP contribution is 2.68.